The molecular weight excluding hydrogens is 488 g/mol. The zero-order chi connectivity index (χ0) is 28.6. The number of aliphatic imine (C=N–C) groups is 1. The molecule has 1 fully saturated rings. The highest BCUT2D eigenvalue weighted by Crippen LogP contribution is 2.23. The minimum atomic E-state index is -0.139. The summed E-state index contributed by atoms with van der Waals surface area (Å²) in [7, 11) is 0. The standard InChI is InChI=1S/C28H34N6O2.C3H8/c1-3-32-28(33-22-9-8-18-34(19-22)25(35)12-7-17-29)26(20(2)30)27(31)21-13-15-24(16-14-21)36-23-10-5-4-6-11-23;1-3-2/h3-7,10-16,22,31H,1,8-9,17-19,29-30H2,2H3,(H,32,33);3H2,1-2H3/b12-7+,26-20+,31-27?;. The minimum absolute atomic E-state index is 0.0742. The molecule has 39 heavy (non-hydrogen) atoms. The molecule has 8 heteroatoms. The van der Waals surface area contributed by atoms with E-state index in [0.29, 0.717) is 48.1 Å². The Morgan fingerprint density at radius 3 is 2.41 bits per heavy atom. The van der Waals surface area contributed by atoms with E-state index >= 15 is 0 Å². The normalized spacial score (nSPS) is 16.1. The lowest BCUT2D eigenvalue weighted by Crippen LogP contribution is -2.42. The number of rotatable bonds is 9. The van der Waals surface area contributed by atoms with E-state index in [1.807, 2.05) is 54.6 Å². The average Bonchev–Trinajstić information content (AvgIpc) is 2.93. The van der Waals surface area contributed by atoms with Gasteiger partial charge in [0, 0.05) is 37.0 Å². The maximum Gasteiger partial charge on any atom is 0.246 e. The number of hydrogen-bond acceptors (Lipinski definition) is 6. The molecule has 1 unspecified atom stereocenters. The van der Waals surface area contributed by atoms with Gasteiger partial charge < -0.3 is 26.4 Å². The molecule has 0 spiro atoms. The number of hydrogen-bond donors (Lipinski definition) is 4. The van der Waals surface area contributed by atoms with Crippen LogP contribution in [0.1, 0.15) is 45.6 Å². The molecule has 0 aliphatic carbocycles. The summed E-state index contributed by atoms with van der Waals surface area (Å²) in [4.78, 5) is 19.1. The molecule has 8 nitrogen and oxygen atoms in total. The van der Waals surface area contributed by atoms with Crippen LogP contribution in [0.4, 0.5) is 0 Å². The topological polar surface area (TPSA) is 130 Å². The van der Waals surface area contributed by atoms with Crippen molar-refractivity contribution in [3.63, 3.8) is 0 Å². The smallest absolute Gasteiger partial charge is 0.246 e. The van der Waals surface area contributed by atoms with Crippen LogP contribution in [0.3, 0.4) is 0 Å². The first-order chi connectivity index (χ1) is 18.8. The van der Waals surface area contributed by atoms with Crippen LogP contribution in [0.5, 0.6) is 11.5 Å². The number of carbonyl (C=O) groups is 1. The second-order valence-electron chi connectivity index (χ2n) is 9.12. The number of benzene rings is 2. The fourth-order valence-electron chi connectivity index (χ4n) is 3.95. The van der Waals surface area contributed by atoms with E-state index in [2.05, 4.69) is 25.7 Å². The van der Waals surface area contributed by atoms with Gasteiger partial charge >= 0.3 is 0 Å². The highest BCUT2D eigenvalue weighted by Gasteiger charge is 2.24. The van der Waals surface area contributed by atoms with Gasteiger partial charge in [-0.2, -0.15) is 0 Å². The van der Waals surface area contributed by atoms with Crippen molar-refractivity contribution in [2.75, 3.05) is 19.6 Å². The van der Waals surface area contributed by atoms with Gasteiger partial charge in [0.1, 0.15) is 17.3 Å². The maximum atomic E-state index is 12.4. The van der Waals surface area contributed by atoms with E-state index in [-0.39, 0.29) is 17.7 Å². The zero-order valence-corrected chi connectivity index (χ0v) is 23.3. The van der Waals surface area contributed by atoms with Crippen LogP contribution < -0.4 is 21.5 Å². The van der Waals surface area contributed by atoms with Crippen LogP contribution in [0.2, 0.25) is 0 Å². The minimum Gasteiger partial charge on any atom is -0.457 e. The van der Waals surface area contributed by atoms with Crippen molar-refractivity contribution in [3.8, 4) is 11.5 Å². The molecular formula is C31H42N6O2. The molecule has 1 saturated heterocycles. The Morgan fingerprint density at radius 2 is 1.82 bits per heavy atom. The van der Waals surface area contributed by atoms with Gasteiger partial charge in [-0.05, 0) is 62.4 Å². The van der Waals surface area contributed by atoms with Crippen molar-refractivity contribution >= 4 is 17.5 Å². The second-order valence-corrected chi connectivity index (χ2v) is 9.12. The highest BCUT2D eigenvalue weighted by atomic mass is 16.5. The third kappa shape index (κ3) is 9.90. The fourth-order valence-corrected chi connectivity index (χ4v) is 3.95. The van der Waals surface area contributed by atoms with Crippen molar-refractivity contribution in [1.82, 2.24) is 10.2 Å². The summed E-state index contributed by atoms with van der Waals surface area (Å²) in [5.74, 6) is 1.79. The van der Waals surface area contributed by atoms with E-state index in [0.717, 1.165) is 18.6 Å². The fraction of sp³-hybridized carbons (Fsp3) is 0.323. The lowest BCUT2D eigenvalue weighted by Gasteiger charge is -2.30. The van der Waals surface area contributed by atoms with Crippen LogP contribution in [0, 0.1) is 5.41 Å². The van der Waals surface area contributed by atoms with Crippen molar-refractivity contribution in [3.05, 3.63) is 96.4 Å². The first kappa shape index (κ1) is 31.1. The number of ether oxygens (including phenoxy) is 1. The second kappa shape index (κ2) is 16.6. The van der Waals surface area contributed by atoms with Gasteiger partial charge in [0.15, 0.2) is 0 Å². The maximum absolute atomic E-state index is 12.4. The van der Waals surface area contributed by atoms with Gasteiger partial charge in [0.25, 0.3) is 0 Å². The Bertz CT molecular complexity index is 1170. The summed E-state index contributed by atoms with van der Waals surface area (Å²) in [5.41, 5.74) is 13.5. The molecule has 0 bridgehead atoms. The Kier molecular flexibility index (Phi) is 13.2. The van der Waals surface area contributed by atoms with Gasteiger partial charge in [-0.25, -0.2) is 0 Å². The quantitative estimate of drug-likeness (QED) is 0.203. The Labute approximate surface area is 232 Å². The summed E-state index contributed by atoms with van der Waals surface area (Å²) in [6.07, 6.45) is 7.57. The van der Waals surface area contributed by atoms with Gasteiger partial charge in [0.05, 0.1) is 17.3 Å². The number of amidine groups is 1. The number of nitrogens with zero attached hydrogens (tertiary/aromatic N) is 2. The van der Waals surface area contributed by atoms with Crippen LogP contribution in [-0.2, 0) is 4.79 Å². The molecule has 0 saturated carbocycles. The van der Waals surface area contributed by atoms with E-state index in [1.165, 1.54) is 18.7 Å². The summed E-state index contributed by atoms with van der Waals surface area (Å²) in [5, 5.41) is 12.0. The van der Waals surface area contributed by atoms with E-state index in [4.69, 9.17) is 26.6 Å². The third-order valence-electron chi connectivity index (χ3n) is 5.66. The molecule has 6 N–H and O–H groups in total. The predicted molar refractivity (Wildman–Crippen MR) is 161 cm³/mol. The lowest BCUT2D eigenvalue weighted by molar-refractivity contribution is -0.127. The number of nitrogens with two attached hydrogens (primary N) is 2. The van der Waals surface area contributed by atoms with Crippen LogP contribution in [0.15, 0.2) is 95.8 Å². The van der Waals surface area contributed by atoms with Gasteiger partial charge in [-0.1, -0.05) is 51.1 Å². The SMILES string of the molecule is C=CNC(=NC1CCCN(C(=O)/C=C/CN)C1)/C(C(=N)c1ccc(Oc2ccccc2)cc1)=C(\C)N.CCC. The molecule has 1 aliphatic rings. The first-order valence-electron chi connectivity index (χ1n) is 13.3. The summed E-state index contributed by atoms with van der Waals surface area (Å²) < 4.78 is 5.86. The van der Waals surface area contributed by atoms with E-state index in [9.17, 15) is 4.79 Å². The molecule has 1 atom stereocenters. The van der Waals surface area contributed by atoms with Gasteiger partial charge in [-0.3, -0.25) is 15.2 Å². The monoisotopic (exact) mass is 530 g/mol. The van der Waals surface area contributed by atoms with E-state index in [1.54, 1.807) is 17.9 Å². The molecule has 2 aromatic carbocycles. The molecule has 2 aromatic rings. The Balaban J connectivity index is 0.00000170. The third-order valence-corrected chi connectivity index (χ3v) is 5.66. The largest absolute Gasteiger partial charge is 0.457 e. The number of allylic oxidation sites excluding steroid dienone is 1. The van der Waals surface area contributed by atoms with Crippen molar-refractivity contribution < 1.29 is 9.53 Å². The molecule has 208 valence electrons. The number of carbonyl (C=O) groups excluding carboxylic acids is 1. The molecule has 0 radical (unpaired) electrons. The highest BCUT2D eigenvalue weighted by molar-refractivity contribution is 6.29. The van der Waals surface area contributed by atoms with Crippen LogP contribution in [-0.4, -0.2) is 48.0 Å². The molecule has 1 aliphatic heterocycles. The number of nitrogens with one attached hydrogen (secondary N) is 2. The number of para-hydroxylation sites is 1. The summed E-state index contributed by atoms with van der Waals surface area (Å²) in [6, 6.07) is 16.6. The zero-order valence-electron chi connectivity index (χ0n) is 23.3. The lowest BCUT2D eigenvalue weighted by atomic mass is 9.99. The van der Waals surface area contributed by atoms with Crippen molar-refractivity contribution in [2.24, 2.45) is 16.5 Å². The average molecular weight is 531 g/mol. The molecule has 1 amide bonds. The Hall–Kier alpha value is -4.17. The predicted octanol–water partition coefficient (Wildman–Crippen LogP) is 5.13. The summed E-state index contributed by atoms with van der Waals surface area (Å²) >= 11 is 0. The first-order valence-corrected chi connectivity index (χ1v) is 13.3. The van der Waals surface area contributed by atoms with Crippen LogP contribution in [0.25, 0.3) is 0 Å². The van der Waals surface area contributed by atoms with E-state index < -0.39 is 0 Å². The Morgan fingerprint density at radius 1 is 1.18 bits per heavy atom. The number of piperidine rings is 1. The number of amides is 1. The molecule has 0 aromatic heterocycles. The van der Waals surface area contributed by atoms with Crippen molar-refractivity contribution in [2.45, 2.75) is 46.1 Å². The molecule has 1 heterocycles. The summed E-state index contributed by atoms with van der Waals surface area (Å²) in [6.45, 7) is 11.2. The van der Waals surface area contributed by atoms with Crippen LogP contribution >= 0.6 is 0 Å². The van der Waals surface area contributed by atoms with Gasteiger partial charge in [0.2, 0.25) is 5.91 Å². The van der Waals surface area contributed by atoms with Crippen molar-refractivity contribution in [1.29, 1.82) is 5.41 Å². The molecule has 3 rings (SSSR count). The number of likely N-dealkylation sites (tertiary alicyclic amines) is 1. The van der Waals surface area contributed by atoms with Gasteiger partial charge in [-0.15, -0.1) is 0 Å².